The van der Waals surface area contributed by atoms with Gasteiger partial charge in [-0.3, -0.25) is 0 Å². The van der Waals surface area contributed by atoms with E-state index >= 15 is 0 Å². The summed E-state index contributed by atoms with van der Waals surface area (Å²) >= 11 is 0. The lowest BCUT2D eigenvalue weighted by Gasteiger charge is -2.36. The molecule has 0 radical (unpaired) electrons. The second kappa shape index (κ2) is 7.04. The van der Waals surface area contributed by atoms with Crippen LogP contribution >= 0.6 is 0 Å². The monoisotopic (exact) mass is 288 g/mol. The third-order valence-electron chi connectivity index (χ3n) is 4.53. The first-order valence-corrected chi connectivity index (χ1v) is 9.77. The molecule has 1 heterocycles. The molecule has 2 rings (SSSR count). The fourth-order valence-corrected chi connectivity index (χ4v) is 4.26. The Morgan fingerprint density at radius 2 is 1.95 bits per heavy atom. The number of sulfone groups is 1. The number of rotatable bonds is 6. The van der Waals surface area contributed by atoms with Gasteiger partial charge in [0, 0.05) is 18.3 Å². The summed E-state index contributed by atoms with van der Waals surface area (Å²) in [5.74, 6) is 1.05. The Balaban J connectivity index is 1.76. The normalized spacial score (nSPS) is 32.6. The van der Waals surface area contributed by atoms with Crippen molar-refractivity contribution in [3.8, 4) is 0 Å². The Bertz CT molecular complexity index is 364. The van der Waals surface area contributed by atoms with Gasteiger partial charge in [0.25, 0.3) is 0 Å². The molecule has 3 atom stereocenters. The maximum Gasteiger partial charge on any atom is 0.147 e. The van der Waals surface area contributed by atoms with Gasteiger partial charge in [-0.15, -0.1) is 0 Å². The quantitative estimate of drug-likeness (QED) is 0.724. The second-order valence-corrected chi connectivity index (χ2v) is 8.45. The van der Waals surface area contributed by atoms with Crippen molar-refractivity contribution < 1.29 is 8.42 Å². The maximum atomic E-state index is 11.1. The van der Waals surface area contributed by atoms with Crippen LogP contribution in [0.3, 0.4) is 0 Å². The predicted octanol–water partition coefficient (Wildman–Crippen LogP) is 1.32. The lowest BCUT2D eigenvalue weighted by atomic mass is 9.79. The fourth-order valence-electron chi connectivity index (χ4n) is 3.59. The fraction of sp³-hybridized carbons (Fsp3) is 1.00. The van der Waals surface area contributed by atoms with E-state index in [4.69, 9.17) is 0 Å². The van der Waals surface area contributed by atoms with Gasteiger partial charge in [-0.2, -0.15) is 0 Å². The Labute approximate surface area is 117 Å². The second-order valence-electron chi connectivity index (χ2n) is 6.20. The molecule has 0 aromatic rings. The molecule has 2 aliphatic rings. The van der Waals surface area contributed by atoms with Crippen molar-refractivity contribution in [2.24, 2.45) is 5.92 Å². The highest BCUT2D eigenvalue weighted by molar-refractivity contribution is 7.90. The predicted molar refractivity (Wildman–Crippen MR) is 79.1 cm³/mol. The summed E-state index contributed by atoms with van der Waals surface area (Å²) in [4.78, 5) is 0. The molecule has 1 saturated carbocycles. The molecule has 0 spiro atoms. The summed E-state index contributed by atoms with van der Waals surface area (Å²) in [6, 6.07) is 1.27. The van der Waals surface area contributed by atoms with E-state index in [2.05, 4.69) is 10.6 Å². The average Bonchev–Trinajstić information content (AvgIpc) is 2.88. The number of hydrogen-bond acceptors (Lipinski definition) is 4. The molecule has 19 heavy (non-hydrogen) atoms. The minimum absolute atomic E-state index is 0.305. The van der Waals surface area contributed by atoms with Crippen LogP contribution in [0.25, 0.3) is 0 Å². The zero-order valence-electron chi connectivity index (χ0n) is 12.0. The van der Waals surface area contributed by atoms with Gasteiger partial charge in [0.15, 0.2) is 0 Å². The Morgan fingerprint density at radius 1 is 1.16 bits per heavy atom. The van der Waals surface area contributed by atoms with E-state index in [1.165, 1.54) is 51.3 Å². The van der Waals surface area contributed by atoms with Gasteiger partial charge in [-0.25, -0.2) is 8.42 Å². The molecule has 0 aromatic heterocycles. The summed E-state index contributed by atoms with van der Waals surface area (Å²) in [7, 11) is -2.81. The largest absolute Gasteiger partial charge is 0.314 e. The zero-order valence-corrected chi connectivity index (χ0v) is 12.8. The molecule has 0 bridgehead atoms. The SMILES string of the molecule is CS(=O)(=O)CCCNC1CCCCC1C1CCCN1. The van der Waals surface area contributed by atoms with Crippen LogP contribution in [-0.2, 0) is 9.84 Å². The summed E-state index contributed by atoms with van der Waals surface area (Å²) in [5.41, 5.74) is 0. The highest BCUT2D eigenvalue weighted by Crippen LogP contribution is 2.30. The van der Waals surface area contributed by atoms with Crippen LogP contribution in [-0.4, -0.2) is 45.6 Å². The van der Waals surface area contributed by atoms with Crippen LogP contribution in [0.4, 0.5) is 0 Å². The molecular weight excluding hydrogens is 260 g/mol. The van der Waals surface area contributed by atoms with Crippen molar-refractivity contribution in [1.29, 1.82) is 0 Å². The van der Waals surface area contributed by atoms with Gasteiger partial charge in [0.05, 0.1) is 5.75 Å². The van der Waals surface area contributed by atoms with E-state index in [-0.39, 0.29) is 0 Å². The van der Waals surface area contributed by atoms with Crippen LogP contribution in [0.5, 0.6) is 0 Å². The average molecular weight is 288 g/mol. The first-order valence-electron chi connectivity index (χ1n) is 7.71. The van der Waals surface area contributed by atoms with Gasteiger partial charge >= 0.3 is 0 Å². The number of nitrogens with one attached hydrogen (secondary N) is 2. The van der Waals surface area contributed by atoms with E-state index in [9.17, 15) is 8.42 Å². The number of hydrogen-bond donors (Lipinski definition) is 2. The molecule has 1 aliphatic carbocycles. The van der Waals surface area contributed by atoms with E-state index in [0.717, 1.165) is 18.9 Å². The van der Waals surface area contributed by atoms with E-state index in [1.54, 1.807) is 0 Å². The third-order valence-corrected chi connectivity index (χ3v) is 5.56. The van der Waals surface area contributed by atoms with E-state index < -0.39 is 9.84 Å². The maximum absolute atomic E-state index is 11.1. The molecule has 0 amide bonds. The smallest absolute Gasteiger partial charge is 0.147 e. The first kappa shape index (κ1) is 15.3. The van der Waals surface area contributed by atoms with Gasteiger partial charge in [0.2, 0.25) is 0 Å². The summed E-state index contributed by atoms with van der Waals surface area (Å²) in [6.07, 6.45) is 9.91. The molecule has 2 fully saturated rings. The van der Waals surface area contributed by atoms with E-state index in [1.807, 2.05) is 0 Å². The topological polar surface area (TPSA) is 58.2 Å². The van der Waals surface area contributed by atoms with Gasteiger partial charge < -0.3 is 10.6 Å². The van der Waals surface area contributed by atoms with Crippen LogP contribution < -0.4 is 10.6 Å². The summed E-state index contributed by atoms with van der Waals surface area (Å²) in [6.45, 7) is 2.00. The van der Waals surface area contributed by atoms with Crippen molar-refractivity contribution in [2.75, 3.05) is 25.1 Å². The van der Waals surface area contributed by atoms with E-state index in [0.29, 0.717) is 17.8 Å². The molecule has 0 aromatic carbocycles. The first-order chi connectivity index (χ1) is 9.06. The minimum atomic E-state index is -2.81. The van der Waals surface area contributed by atoms with Crippen molar-refractivity contribution in [2.45, 2.75) is 57.0 Å². The van der Waals surface area contributed by atoms with Crippen molar-refractivity contribution in [1.82, 2.24) is 10.6 Å². The molecule has 2 N–H and O–H groups in total. The van der Waals surface area contributed by atoms with Crippen molar-refractivity contribution >= 4 is 9.84 Å². The highest BCUT2D eigenvalue weighted by atomic mass is 32.2. The van der Waals surface area contributed by atoms with Crippen molar-refractivity contribution in [3.05, 3.63) is 0 Å². The standard InChI is InChI=1S/C14H28N2O2S/c1-19(17,18)11-5-10-16-13-7-3-2-6-12(13)14-8-4-9-15-14/h12-16H,2-11H2,1H3. The molecule has 4 nitrogen and oxygen atoms in total. The van der Waals surface area contributed by atoms with Crippen LogP contribution in [0, 0.1) is 5.92 Å². The Morgan fingerprint density at radius 3 is 2.63 bits per heavy atom. The van der Waals surface area contributed by atoms with Crippen LogP contribution in [0.15, 0.2) is 0 Å². The molecule has 112 valence electrons. The van der Waals surface area contributed by atoms with Gasteiger partial charge in [0.1, 0.15) is 9.84 Å². The lowest BCUT2D eigenvalue weighted by Crippen LogP contribution is -2.47. The Kier molecular flexibility index (Phi) is 5.66. The molecule has 1 aliphatic heterocycles. The highest BCUT2D eigenvalue weighted by Gasteiger charge is 2.32. The molecule has 1 saturated heterocycles. The summed E-state index contributed by atoms with van der Waals surface area (Å²) < 4.78 is 22.2. The summed E-state index contributed by atoms with van der Waals surface area (Å²) in [5, 5.41) is 7.25. The van der Waals surface area contributed by atoms with Crippen LogP contribution in [0.2, 0.25) is 0 Å². The van der Waals surface area contributed by atoms with Crippen LogP contribution in [0.1, 0.15) is 44.9 Å². The zero-order chi connectivity index (χ0) is 13.7. The molecular formula is C14H28N2O2S. The minimum Gasteiger partial charge on any atom is -0.314 e. The third kappa shape index (κ3) is 5.04. The molecule has 5 heteroatoms. The van der Waals surface area contributed by atoms with Gasteiger partial charge in [-0.1, -0.05) is 12.8 Å². The Hall–Kier alpha value is -0.130. The lowest BCUT2D eigenvalue weighted by molar-refractivity contribution is 0.215. The molecule has 3 unspecified atom stereocenters. The van der Waals surface area contributed by atoms with Crippen molar-refractivity contribution in [3.63, 3.8) is 0 Å². The van der Waals surface area contributed by atoms with Gasteiger partial charge in [-0.05, 0) is 51.1 Å².